The minimum Gasteiger partial charge on any atom is -0.469 e. The van der Waals surface area contributed by atoms with Crippen LogP contribution in [0.25, 0.3) is 0 Å². The molecule has 2 rings (SSSR count). The lowest BCUT2D eigenvalue weighted by Gasteiger charge is -2.25. The maximum absolute atomic E-state index is 15.3. The van der Waals surface area contributed by atoms with Crippen LogP contribution in [0.3, 0.4) is 0 Å². The summed E-state index contributed by atoms with van der Waals surface area (Å²) < 4.78 is 26.2. The highest BCUT2D eigenvalue weighted by Gasteiger charge is 2.55. The van der Waals surface area contributed by atoms with Gasteiger partial charge in [0.2, 0.25) is 0 Å². The molecule has 1 aliphatic heterocycles. The monoisotopic (exact) mass is 510 g/mol. The summed E-state index contributed by atoms with van der Waals surface area (Å²) >= 11 is 2.27. The summed E-state index contributed by atoms with van der Waals surface area (Å²) in [5, 5.41) is 10.2. The number of halogens is 2. The molecule has 0 aromatic rings. The third-order valence-corrected chi connectivity index (χ3v) is 7.58. The SMILES string of the molecule is CCCCC[C@H](O)C=C[C@@H]1[C@H]2[C@H](F)[C@H](C(I)CCCC(=O)OC)O[C@@H]2C[C@H]1C. The summed E-state index contributed by atoms with van der Waals surface area (Å²) in [7, 11) is 1.39. The summed E-state index contributed by atoms with van der Waals surface area (Å²) in [4.78, 5) is 11.3. The van der Waals surface area contributed by atoms with Crippen LogP contribution in [-0.4, -0.2) is 46.6 Å². The number of hydrogen-bond donors (Lipinski definition) is 1. The minimum absolute atomic E-state index is 0.0419. The molecule has 0 radical (unpaired) electrons. The van der Waals surface area contributed by atoms with Crippen molar-refractivity contribution in [2.45, 2.75) is 93.6 Å². The van der Waals surface area contributed by atoms with Crippen LogP contribution in [0, 0.1) is 17.8 Å². The normalized spacial score (nSPS) is 34.5. The Morgan fingerprint density at radius 1 is 1.36 bits per heavy atom. The van der Waals surface area contributed by atoms with Gasteiger partial charge in [0.1, 0.15) is 12.3 Å². The highest BCUT2D eigenvalue weighted by molar-refractivity contribution is 14.1. The topological polar surface area (TPSA) is 55.8 Å². The number of methoxy groups -OCH3 is 1. The van der Waals surface area contributed by atoms with Crippen LogP contribution < -0.4 is 0 Å². The Morgan fingerprint density at radius 3 is 2.79 bits per heavy atom. The number of hydrogen-bond acceptors (Lipinski definition) is 4. The summed E-state index contributed by atoms with van der Waals surface area (Å²) in [6.07, 6.45) is 8.75. The summed E-state index contributed by atoms with van der Waals surface area (Å²) in [5.41, 5.74) is 0. The molecule has 1 heterocycles. The summed E-state index contributed by atoms with van der Waals surface area (Å²) in [5.74, 6) is 0.128. The smallest absolute Gasteiger partial charge is 0.305 e. The lowest BCUT2D eigenvalue weighted by atomic mass is 9.85. The number of allylic oxidation sites excluding steroid dienone is 1. The van der Waals surface area contributed by atoms with Crippen LogP contribution in [0.1, 0.15) is 65.2 Å². The average Bonchev–Trinajstić information content (AvgIpc) is 3.15. The number of rotatable bonds is 11. The molecule has 1 saturated carbocycles. The van der Waals surface area contributed by atoms with Crippen molar-refractivity contribution in [2.24, 2.45) is 17.8 Å². The zero-order chi connectivity index (χ0) is 20.7. The molecule has 6 heteroatoms. The first-order chi connectivity index (χ1) is 13.4. The lowest BCUT2D eigenvalue weighted by molar-refractivity contribution is -0.140. The third-order valence-electron chi connectivity index (χ3n) is 6.25. The van der Waals surface area contributed by atoms with Gasteiger partial charge in [-0.3, -0.25) is 4.79 Å². The minimum atomic E-state index is -0.998. The van der Waals surface area contributed by atoms with E-state index >= 15 is 4.39 Å². The Kier molecular flexibility index (Phi) is 10.2. The lowest BCUT2D eigenvalue weighted by Crippen LogP contribution is -2.33. The van der Waals surface area contributed by atoms with Crippen molar-refractivity contribution in [3.05, 3.63) is 12.2 Å². The Labute approximate surface area is 182 Å². The predicted octanol–water partition coefficient (Wildman–Crippen LogP) is 5.01. The first-order valence-corrected chi connectivity index (χ1v) is 12.0. The molecule has 0 aromatic heterocycles. The number of fused-ring (bicyclic) bond motifs is 1. The fourth-order valence-corrected chi connectivity index (χ4v) is 5.64. The van der Waals surface area contributed by atoms with Gasteiger partial charge in [-0.05, 0) is 37.5 Å². The summed E-state index contributed by atoms with van der Waals surface area (Å²) in [6, 6.07) is 0. The van der Waals surface area contributed by atoms with Crippen LogP contribution in [0.4, 0.5) is 4.39 Å². The molecule has 28 heavy (non-hydrogen) atoms. The Balaban J connectivity index is 1.89. The molecule has 0 spiro atoms. The third kappa shape index (κ3) is 6.39. The highest BCUT2D eigenvalue weighted by Crippen LogP contribution is 2.50. The summed E-state index contributed by atoms with van der Waals surface area (Å²) in [6.45, 7) is 4.30. The Hall–Kier alpha value is -0.210. The zero-order valence-electron chi connectivity index (χ0n) is 17.4. The van der Waals surface area contributed by atoms with Gasteiger partial charge in [0.15, 0.2) is 0 Å². The molecular weight excluding hydrogens is 474 g/mol. The Bertz CT molecular complexity index is 515. The fourth-order valence-electron chi connectivity index (χ4n) is 4.63. The van der Waals surface area contributed by atoms with Crippen molar-refractivity contribution in [3.63, 3.8) is 0 Å². The van der Waals surface area contributed by atoms with Crippen LogP contribution in [0.15, 0.2) is 12.2 Å². The van der Waals surface area contributed by atoms with E-state index < -0.39 is 18.4 Å². The van der Waals surface area contributed by atoms with E-state index in [1.54, 1.807) is 0 Å². The van der Waals surface area contributed by atoms with E-state index in [4.69, 9.17) is 4.74 Å². The van der Waals surface area contributed by atoms with Crippen LogP contribution >= 0.6 is 22.6 Å². The number of alkyl halides is 2. The van der Waals surface area contributed by atoms with Gasteiger partial charge in [-0.1, -0.05) is 67.9 Å². The van der Waals surface area contributed by atoms with Gasteiger partial charge >= 0.3 is 5.97 Å². The van der Waals surface area contributed by atoms with Crippen molar-refractivity contribution >= 4 is 28.6 Å². The largest absolute Gasteiger partial charge is 0.469 e. The van der Waals surface area contributed by atoms with Crippen LogP contribution in [-0.2, 0) is 14.3 Å². The van der Waals surface area contributed by atoms with Gasteiger partial charge in [-0.15, -0.1) is 0 Å². The van der Waals surface area contributed by atoms with E-state index in [9.17, 15) is 9.90 Å². The second kappa shape index (κ2) is 11.8. The van der Waals surface area contributed by atoms with Crippen molar-refractivity contribution in [1.29, 1.82) is 0 Å². The van der Waals surface area contributed by atoms with Crippen molar-refractivity contribution < 1.29 is 23.8 Å². The Morgan fingerprint density at radius 2 is 2.11 bits per heavy atom. The van der Waals surface area contributed by atoms with Gasteiger partial charge < -0.3 is 14.6 Å². The molecule has 162 valence electrons. The van der Waals surface area contributed by atoms with E-state index in [-0.39, 0.29) is 27.8 Å². The number of esters is 1. The number of unbranched alkanes of at least 4 members (excludes halogenated alkanes) is 2. The number of carbonyl (C=O) groups excluding carboxylic acids is 1. The van der Waals surface area contributed by atoms with Gasteiger partial charge in [0, 0.05) is 16.3 Å². The van der Waals surface area contributed by atoms with E-state index in [0.29, 0.717) is 18.8 Å². The molecule has 1 aliphatic carbocycles. The maximum Gasteiger partial charge on any atom is 0.305 e. The molecule has 0 amide bonds. The first kappa shape index (κ1) is 24.1. The average molecular weight is 510 g/mol. The second-order valence-corrected chi connectivity index (χ2v) is 9.98. The van der Waals surface area contributed by atoms with E-state index in [2.05, 4.69) is 41.2 Å². The molecule has 2 aliphatic rings. The molecule has 8 atom stereocenters. The molecule has 0 aromatic carbocycles. The van der Waals surface area contributed by atoms with E-state index in [1.807, 2.05) is 12.2 Å². The van der Waals surface area contributed by atoms with Crippen LogP contribution in [0.2, 0.25) is 0 Å². The van der Waals surface area contributed by atoms with Crippen molar-refractivity contribution in [2.75, 3.05) is 7.11 Å². The second-order valence-electron chi connectivity index (χ2n) is 8.38. The fraction of sp³-hybridized carbons (Fsp3) is 0.864. The molecule has 4 nitrogen and oxygen atoms in total. The predicted molar refractivity (Wildman–Crippen MR) is 117 cm³/mol. The maximum atomic E-state index is 15.3. The van der Waals surface area contributed by atoms with Crippen molar-refractivity contribution in [3.8, 4) is 0 Å². The molecule has 0 bridgehead atoms. The number of carbonyl (C=O) groups is 1. The van der Waals surface area contributed by atoms with Gasteiger partial charge in [0.25, 0.3) is 0 Å². The zero-order valence-corrected chi connectivity index (χ0v) is 19.5. The van der Waals surface area contributed by atoms with Gasteiger partial charge in [0.05, 0.1) is 19.3 Å². The first-order valence-electron chi connectivity index (χ1n) is 10.8. The number of ether oxygens (including phenoxy) is 2. The highest BCUT2D eigenvalue weighted by atomic mass is 127. The van der Waals surface area contributed by atoms with Crippen molar-refractivity contribution in [1.82, 2.24) is 0 Å². The van der Waals surface area contributed by atoms with Gasteiger partial charge in [-0.2, -0.15) is 0 Å². The molecule has 1 N–H and O–H groups in total. The molecule has 2 fully saturated rings. The molecule has 1 saturated heterocycles. The number of aliphatic hydroxyl groups is 1. The van der Waals surface area contributed by atoms with Crippen LogP contribution in [0.5, 0.6) is 0 Å². The molecular formula is C22H36FIO4. The van der Waals surface area contributed by atoms with E-state index in [0.717, 1.165) is 38.5 Å². The molecule has 1 unspecified atom stereocenters. The number of aliphatic hydroxyl groups excluding tert-OH is 1. The van der Waals surface area contributed by atoms with E-state index in [1.165, 1.54) is 7.11 Å². The quantitative estimate of drug-likeness (QED) is 0.140. The standard InChI is InChI=1S/C22H36FIO4/c1-4-5-6-8-15(25)11-12-16-14(2)13-18-20(16)21(23)22(28-18)17(24)9-7-10-19(26)27-3/h11-12,14-18,20-22,25H,4-10,13H2,1-3H3/t14-,15+,16+,17?,18-,20-,21+,22+/m1/s1. The van der Waals surface area contributed by atoms with Gasteiger partial charge in [-0.25, -0.2) is 4.39 Å².